The molecule has 0 amide bonds. The quantitative estimate of drug-likeness (QED) is 0.804. The molecule has 0 aliphatic rings. The predicted octanol–water partition coefficient (Wildman–Crippen LogP) is 2.25. The van der Waals surface area contributed by atoms with Crippen LogP contribution in [0.15, 0.2) is 17.0 Å². The van der Waals surface area contributed by atoms with Crippen LogP contribution in [0, 0.1) is 20.8 Å². The maximum absolute atomic E-state index is 11.4. The van der Waals surface area contributed by atoms with Crippen LogP contribution in [0.1, 0.15) is 22.8 Å². The number of aromatic nitrogens is 3. The number of hydrogen-bond donors (Lipinski definition) is 0. The summed E-state index contributed by atoms with van der Waals surface area (Å²) < 4.78 is 30.4. The molecule has 2 aromatic rings. The van der Waals surface area contributed by atoms with Crippen molar-refractivity contribution in [3.05, 3.63) is 34.9 Å². The molecular formula is C13H16ClN3O3S. The van der Waals surface area contributed by atoms with Gasteiger partial charge in [0.05, 0.1) is 4.90 Å². The minimum Gasteiger partial charge on any atom is -0.485 e. The van der Waals surface area contributed by atoms with Crippen LogP contribution in [0.25, 0.3) is 0 Å². The van der Waals surface area contributed by atoms with Gasteiger partial charge in [-0.25, -0.2) is 8.42 Å². The van der Waals surface area contributed by atoms with E-state index in [2.05, 4.69) is 10.2 Å². The lowest BCUT2D eigenvalue weighted by atomic mass is 10.1. The monoisotopic (exact) mass is 329 g/mol. The maximum Gasteiger partial charge on any atom is 0.261 e. The van der Waals surface area contributed by atoms with Gasteiger partial charge in [0.15, 0.2) is 5.82 Å². The Labute approximate surface area is 128 Å². The van der Waals surface area contributed by atoms with E-state index in [0.717, 1.165) is 5.82 Å². The Bertz CT molecular complexity index is 784. The molecule has 1 aromatic carbocycles. The largest absolute Gasteiger partial charge is 0.485 e. The highest BCUT2D eigenvalue weighted by Gasteiger charge is 2.16. The van der Waals surface area contributed by atoms with Gasteiger partial charge in [-0.1, -0.05) is 0 Å². The van der Waals surface area contributed by atoms with Gasteiger partial charge in [0.2, 0.25) is 0 Å². The molecule has 0 saturated heterocycles. The average Bonchev–Trinajstić information content (AvgIpc) is 2.69. The molecular weight excluding hydrogens is 314 g/mol. The standard InChI is InChI=1S/C13H16ClN3O3S/c1-8-6-12(21(14,18)19)9(2)5-11(8)20-7-13-16-15-10(3)17(13)4/h5-6H,7H2,1-4H3. The first kappa shape index (κ1) is 15.8. The molecule has 21 heavy (non-hydrogen) atoms. The van der Waals surface area contributed by atoms with Crippen LogP contribution in [-0.2, 0) is 22.7 Å². The summed E-state index contributed by atoms with van der Waals surface area (Å²) in [6.45, 7) is 5.55. The van der Waals surface area contributed by atoms with Crippen LogP contribution < -0.4 is 4.74 Å². The van der Waals surface area contributed by atoms with Gasteiger partial charge in [-0.3, -0.25) is 0 Å². The van der Waals surface area contributed by atoms with E-state index in [4.69, 9.17) is 15.4 Å². The molecule has 0 spiro atoms. The van der Waals surface area contributed by atoms with Gasteiger partial charge in [0.1, 0.15) is 18.2 Å². The summed E-state index contributed by atoms with van der Waals surface area (Å²) in [6.07, 6.45) is 0. The van der Waals surface area contributed by atoms with Gasteiger partial charge in [0, 0.05) is 17.7 Å². The Hall–Kier alpha value is -1.60. The first-order valence-electron chi connectivity index (χ1n) is 6.23. The van der Waals surface area contributed by atoms with Gasteiger partial charge < -0.3 is 9.30 Å². The van der Waals surface area contributed by atoms with Crippen molar-refractivity contribution < 1.29 is 13.2 Å². The van der Waals surface area contributed by atoms with Crippen LogP contribution in [-0.4, -0.2) is 23.2 Å². The summed E-state index contributed by atoms with van der Waals surface area (Å²) in [5, 5.41) is 7.96. The van der Waals surface area contributed by atoms with Crippen molar-refractivity contribution in [3.63, 3.8) is 0 Å². The number of ether oxygens (including phenoxy) is 1. The lowest BCUT2D eigenvalue weighted by Crippen LogP contribution is -2.06. The van der Waals surface area contributed by atoms with Crippen molar-refractivity contribution in [2.75, 3.05) is 0 Å². The number of hydrogen-bond acceptors (Lipinski definition) is 5. The fraction of sp³-hybridized carbons (Fsp3) is 0.385. The molecule has 0 bridgehead atoms. The molecule has 0 unspecified atom stereocenters. The van der Waals surface area contributed by atoms with E-state index >= 15 is 0 Å². The highest BCUT2D eigenvalue weighted by molar-refractivity contribution is 8.13. The Balaban J connectivity index is 2.26. The molecule has 0 N–H and O–H groups in total. The van der Waals surface area contributed by atoms with Gasteiger partial charge in [-0.05, 0) is 44.0 Å². The third-order valence-electron chi connectivity index (χ3n) is 3.27. The Morgan fingerprint density at radius 2 is 1.86 bits per heavy atom. The first-order chi connectivity index (χ1) is 9.70. The molecule has 0 atom stereocenters. The number of aryl methyl sites for hydroxylation is 3. The summed E-state index contributed by atoms with van der Waals surface area (Å²) in [5.74, 6) is 2.08. The zero-order valence-electron chi connectivity index (χ0n) is 12.2. The van der Waals surface area contributed by atoms with Gasteiger partial charge >= 0.3 is 0 Å². The topological polar surface area (TPSA) is 74.1 Å². The van der Waals surface area contributed by atoms with E-state index < -0.39 is 9.05 Å². The number of halogens is 1. The molecule has 1 aromatic heterocycles. The average molecular weight is 330 g/mol. The number of benzene rings is 1. The van der Waals surface area contributed by atoms with E-state index in [1.807, 2.05) is 18.5 Å². The molecule has 1 heterocycles. The summed E-state index contributed by atoms with van der Waals surface area (Å²) in [7, 11) is 3.50. The van der Waals surface area contributed by atoms with Crippen molar-refractivity contribution in [2.24, 2.45) is 7.05 Å². The molecule has 2 rings (SSSR count). The SMILES string of the molecule is Cc1cc(S(=O)(=O)Cl)c(C)cc1OCc1nnc(C)n1C. The van der Waals surface area contributed by atoms with Gasteiger partial charge in [-0.15, -0.1) is 10.2 Å². The minimum absolute atomic E-state index is 0.100. The number of nitrogens with zero attached hydrogens (tertiary/aromatic N) is 3. The molecule has 0 radical (unpaired) electrons. The fourth-order valence-corrected chi connectivity index (χ4v) is 3.16. The van der Waals surface area contributed by atoms with Crippen LogP contribution in [0.3, 0.4) is 0 Å². The van der Waals surface area contributed by atoms with Crippen LogP contribution in [0.5, 0.6) is 5.75 Å². The summed E-state index contributed by atoms with van der Waals surface area (Å²) in [6, 6.07) is 3.17. The Morgan fingerprint density at radius 1 is 1.19 bits per heavy atom. The number of rotatable bonds is 4. The second kappa shape index (κ2) is 5.65. The third kappa shape index (κ3) is 3.36. The van der Waals surface area contributed by atoms with Crippen LogP contribution in [0.2, 0.25) is 0 Å². The lowest BCUT2D eigenvalue weighted by molar-refractivity contribution is 0.288. The van der Waals surface area contributed by atoms with Crippen molar-refractivity contribution in [3.8, 4) is 5.75 Å². The minimum atomic E-state index is -3.75. The molecule has 0 fully saturated rings. The maximum atomic E-state index is 11.4. The summed E-state index contributed by atoms with van der Waals surface area (Å²) >= 11 is 0. The van der Waals surface area contributed by atoms with Crippen molar-refractivity contribution >= 4 is 19.7 Å². The van der Waals surface area contributed by atoms with E-state index in [9.17, 15) is 8.42 Å². The molecule has 0 saturated carbocycles. The fourth-order valence-electron chi connectivity index (χ4n) is 1.90. The Morgan fingerprint density at radius 3 is 2.38 bits per heavy atom. The van der Waals surface area contributed by atoms with E-state index in [0.29, 0.717) is 22.7 Å². The van der Waals surface area contributed by atoms with E-state index in [-0.39, 0.29) is 11.5 Å². The first-order valence-corrected chi connectivity index (χ1v) is 8.54. The third-order valence-corrected chi connectivity index (χ3v) is 4.74. The van der Waals surface area contributed by atoms with Crippen molar-refractivity contribution in [1.29, 1.82) is 0 Å². The van der Waals surface area contributed by atoms with Crippen molar-refractivity contribution in [2.45, 2.75) is 32.3 Å². The molecule has 114 valence electrons. The smallest absolute Gasteiger partial charge is 0.261 e. The van der Waals surface area contributed by atoms with Crippen molar-refractivity contribution in [1.82, 2.24) is 14.8 Å². The Kier molecular flexibility index (Phi) is 4.25. The molecule has 0 aliphatic heterocycles. The molecule has 8 heteroatoms. The second-order valence-corrected chi connectivity index (χ2v) is 7.37. The van der Waals surface area contributed by atoms with E-state index in [1.54, 1.807) is 19.9 Å². The predicted molar refractivity (Wildman–Crippen MR) is 79.0 cm³/mol. The second-order valence-electron chi connectivity index (χ2n) is 4.83. The van der Waals surface area contributed by atoms with Crippen LogP contribution >= 0.6 is 10.7 Å². The van der Waals surface area contributed by atoms with Gasteiger partial charge in [0.25, 0.3) is 9.05 Å². The van der Waals surface area contributed by atoms with E-state index in [1.165, 1.54) is 6.07 Å². The highest BCUT2D eigenvalue weighted by Crippen LogP contribution is 2.28. The van der Waals surface area contributed by atoms with Crippen LogP contribution in [0.4, 0.5) is 0 Å². The lowest BCUT2D eigenvalue weighted by Gasteiger charge is -2.12. The molecule has 6 nitrogen and oxygen atoms in total. The zero-order valence-corrected chi connectivity index (χ0v) is 13.8. The normalized spacial score (nSPS) is 11.7. The summed E-state index contributed by atoms with van der Waals surface area (Å²) in [5.41, 5.74) is 1.23. The van der Waals surface area contributed by atoms with Gasteiger partial charge in [-0.2, -0.15) is 0 Å². The molecule has 0 aliphatic carbocycles. The highest BCUT2D eigenvalue weighted by atomic mass is 35.7. The summed E-state index contributed by atoms with van der Waals surface area (Å²) in [4.78, 5) is 0.100. The zero-order chi connectivity index (χ0) is 15.8.